The molecule has 0 aliphatic heterocycles. The lowest BCUT2D eigenvalue weighted by atomic mass is 9.92. The number of nitrogens with zero attached hydrogens (tertiary/aromatic N) is 5. The van der Waals surface area contributed by atoms with Crippen molar-refractivity contribution in [1.29, 1.82) is 0 Å². The topological polar surface area (TPSA) is 48.5 Å². The molecule has 5 heteroatoms. The van der Waals surface area contributed by atoms with Crippen LogP contribution in [0.25, 0.3) is 67.5 Å². The van der Waals surface area contributed by atoms with Crippen molar-refractivity contribution in [3.05, 3.63) is 162 Å². The summed E-state index contributed by atoms with van der Waals surface area (Å²) in [5.74, 6) is 2.35. The predicted molar refractivity (Wildman–Crippen MR) is 216 cm³/mol. The molecule has 0 saturated heterocycles. The van der Waals surface area contributed by atoms with E-state index in [1.165, 1.54) is 49.7 Å². The second-order valence-corrected chi connectivity index (χ2v) is 14.2. The lowest BCUT2D eigenvalue weighted by Gasteiger charge is -2.24. The maximum Gasteiger partial charge on any atom is 0.163 e. The maximum absolute atomic E-state index is 5.31. The van der Waals surface area contributed by atoms with Crippen molar-refractivity contribution in [2.75, 3.05) is 0 Å². The quantitative estimate of drug-likeness (QED) is 0.176. The third-order valence-corrected chi connectivity index (χ3v) is 11.1. The van der Waals surface area contributed by atoms with Gasteiger partial charge in [0.1, 0.15) is 5.82 Å². The maximum atomic E-state index is 5.31. The van der Waals surface area contributed by atoms with Gasteiger partial charge in [-0.25, -0.2) is 15.0 Å². The van der Waals surface area contributed by atoms with Gasteiger partial charge in [-0.05, 0) is 62.3 Å². The molecule has 3 heterocycles. The zero-order valence-corrected chi connectivity index (χ0v) is 29.1. The van der Waals surface area contributed by atoms with Gasteiger partial charge in [-0.3, -0.25) is 0 Å². The Morgan fingerprint density at radius 2 is 1.38 bits per heavy atom. The Balaban J connectivity index is 1.11. The Labute approximate surface area is 303 Å². The van der Waals surface area contributed by atoms with Crippen molar-refractivity contribution in [1.82, 2.24) is 24.1 Å². The first-order chi connectivity index (χ1) is 25.7. The molecule has 0 amide bonds. The van der Waals surface area contributed by atoms with Gasteiger partial charge in [0.15, 0.2) is 11.6 Å². The molecule has 3 aliphatic rings. The first-order valence-corrected chi connectivity index (χ1v) is 18.6. The third-order valence-electron chi connectivity index (χ3n) is 11.1. The van der Waals surface area contributed by atoms with E-state index < -0.39 is 0 Å². The van der Waals surface area contributed by atoms with E-state index in [1.54, 1.807) is 0 Å². The van der Waals surface area contributed by atoms with Crippen molar-refractivity contribution in [2.24, 2.45) is 0 Å². The van der Waals surface area contributed by atoms with Crippen LogP contribution >= 0.6 is 0 Å². The van der Waals surface area contributed by atoms with Crippen LogP contribution in [0.2, 0.25) is 0 Å². The summed E-state index contributed by atoms with van der Waals surface area (Å²) in [5.41, 5.74) is 11.0. The minimum Gasteiger partial charge on any atom is -0.333 e. The molecule has 3 aromatic heterocycles. The summed E-state index contributed by atoms with van der Waals surface area (Å²) < 4.78 is 5.03. The monoisotopic (exact) mass is 673 g/mol. The highest BCUT2D eigenvalue weighted by molar-refractivity contribution is 6.08. The van der Waals surface area contributed by atoms with Gasteiger partial charge in [-0.2, -0.15) is 0 Å². The molecule has 0 spiro atoms. The Bertz CT molecular complexity index is 2610. The van der Waals surface area contributed by atoms with Gasteiger partial charge in [-0.15, -0.1) is 0 Å². The van der Waals surface area contributed by atoms with E-state index in [0.29, 0.717) is 5.82 Å². The average molecular weight is 674 g/mol. The number of rotatable bonds is 6. The van der Waals surface area contributed by atoms with Gasteiger partial charge >= 0.3 is 0 Å². The van der Waals surface area contributed by atoms with Gasteiger partial charge in [-0.1, -0.05) is 128 Å². The normalized spacial score (nSPS) is 18.5. The van der Waals surface area contributed by atoms with Crippen molar-refractivity contribution >= 4 is 56.1 Å². The number of para-hydroxylation sites is 3. The van der Waals surface area contributed by atoms with Gasteiger partial charge < -0.3 is 9.13 Å². The fourth-order valence-corrected chi connectivity index (χ4v) is 8.68. The van der Waals surface area contributed by atoms with Crippen LogP contribution in [-0.2, 0) is 6.42 Å². The summed E-state index contributed by atoms with van der Waals surface area (Å²) >= 11 is 0. The van der Waals surface area contributed by atoms with E-state index in [1.807, 2.05) is 6.08 Å². The van der Waals surface area contributed by atoms with Crippen LogP contribution in [-0.4, -0.2) is 24.1 Å². The van der Waals surface area contributed by atoms with E-state index in [0.717, 1.165) is 66.9 Å². The molecule has 2 unspecified atom stereocenters. The highest BCUT2D eigenvalue weighted by atomic mass is 15.1. The number of allylic oxidation sites excluding steroid dienone is 7. The number of fused-ring (bicyclic) bond motifs is 6. The lowest BCUT2D eigenvalue weighted by molar-refractivity contribution is 0.615. The van der Waals surface area contributed by atoms with Crippen LogP contribution in [0.1, 0.15) is 72.5 Å². The fourth-order valence-electron chi connectivity index (χ4n) is 8.68. The van der Waals surface area contributed by atoms with E-state index in [4.69, 9.17) is 15.0 Å². The highest BCUT2D eigenvalue weighted by Gasteiger charge is 2.26. The molecule has 5 nitrogen and oxygen atoms in total. The number of hydrogen-bond acceptors (Lipinski definition) is 3. The summed E-state index contributed by atoms with van der Waals surface area (Å²) in [7, 11) is 0. The minimum atomic E-state index is 0.0777. The molecule has 0 fully saturated rings. The van der Waals surface area contributed by atoms with Gasteiger partial charge in [0, 0.05) is 61.2 Å². The third kappa shape index (κ3) is 5.11. The molecule has 0 saturated carbocycles. The number of aromatic nitrogens is 5. The molecule has 252 valence electrons. The molecular weight excluding hydrogens is 635 g/mol. The SMILES string of the molecule is C=Cc1ccc(-c2nc(C3=CC(n4c5ccccc5c5ccccc54)CC=C3)nc(C3C=C(n4c5c(c6ccccc64)C=CCC5)CCC3)n2)cc1. The van der Waals surface area contributed by atoms with Crippen LogP contribution < -0.4 is 0 Å². The van der Waals surface area contributed by atoms with Crippen LogP contribution in [0.4, 0.5) is 0 Å². The van der Waals surface area contributed by atoms with Gasteiger partial charge in [0.2, 0.25) is 0 Å². The molecule has 10 rings (SSSR count). The van der Waals surface area contributed by atoms with Crippen molar-refractivity contribution in [3.8, 4) is 11.4 Å². The Kier molecular flexibility index (Phi) is 7.45. The summed E-state index contributed by atoms with van der Waals surface area (Å²) in [6, 6.07) is 34.8. The molecule has 0 N–H and O–H groups in total. The lowest BCUT2D eigenvalue weighted by Crippen LogP contribution is -2.15. The average Bonchev–Trinajstić information content (AvgIpc) is 3.74. The molecule has 52 heavy (non-hydrogen) atoms. The minimum absolute atomic E-state index is 0.0777. The Morgan fingerprint density at radius 1 is 0.673 bits per heavy atom. The second-order valence-electron chi connectivity index (χ2n) is 14.2. The van der Waals surface area contributed by atoms with E-state index in [-0.39, 0.29) is 12.0 Å². The van der Waals surface area contributed by atoms with Crippen LogP contribution in [0.3, 0.4) is 0 Å². The first-order valence-electron chi connectivity index (χ1n) is 18.6. The molecule has 7 aromatic rings. The summed E-state index contributed by atoms with van der Waals surface area (Å²) in [6.07, 6.45) is 21.9. The Hall–Kier alpha value is -6.07. The van der Waals surface area contributed by atoms with E-state index in [2.05, 4.69) is 149 Å². The molecule has 4 aromatic carbocycles. The fraction of sp³-hybridized carbons (Fsp3) is 0.170. The van der Waals surface area contributed by atoms with Gasteiger partial charge in [0.05, 0.1) is 11.6 Å². The first kappa shape index (κ1) is 30.7. The molecule has 3 aliphatic carbocycles. The van der Waals surface area contributed by atoms with Crippen LogP contribution in [0.5, 0.6) is 0 Å². The highest BCUT2D eigenvalue weighted by Crippen LogP contribution is 2.40. The smallest absolute Gasteiger partial charge is 0.163 e. The predicted octanol–water partition coefficient (Wildman–Crippen LogP) is 11.6. The van der Waals surface area contributed by atoms with Crippen molar-refractivity contribution in [3.63, 3.8) is 0 Å². The van der Waals surface area contributed by atoms with Gasteiger partial charge in [0.25, 0.3) is 0 Å². The van der Waals surface area contributed by atoms with Crippen molar-refractivity contribution in [2.45, 2.75) is 50.5 Å². The largest absolute Gasteiger partial charge is 0.333 e. The number of benzene rings is 4. The second kappa shape index (κ2) is 12.6. The summed E-state index contributed by atoms with van der Waals surface area (Å²) in [6.45, 7) is 3.95. The summed E-state index contributed by atoms with van der Waals surface area (Å²) in [5, 5.41) is 3.89. The standard InChI is InChI=1S/C47H39N5/c1-2-31-25-27-32(28-26-31)45-48-46(33-13-11-15-35(29-33)51-41-21-7-3-17-37(41)38-18-4-8-22-42(38)51)50-47(49-45)34-14-12-16-36(30-34)52-43-23-9-5-19-39(43)40-20-6-10-24-44(40)52/h2-9,11,13,17-23,25-30,34-35H,1,10,12,14-16,24H2. The zero-order chi connectivity index (χ0) is 34.6. The number of hydrogen-bond donors (Lipinski definition) is 0. The van der Waals surface area contributed by atoms with E-state index >= 15 is 0 Å². The Morgan fingerprint density at radius 3 is 2.15 bits per heavy atom. The van der Waals surface area contributed by atoms with Crippen LogP contribution in [0, 0.1) is 0 Å². The molecule has 2 atom stereocenters. The van der Waals surface area contributed by atoms with Crippen molar-refractivity contribution < 1.29 is 0 Å². The molecule has 0 radical (unpaired) electrons. The zero-order valence-electron chi connectivity index (χ0n) is 29.1. The molecule has 0 bridgehead atoms. The van der Waals surface area contributed by atoms with E-state index in [9.17, 15) is 0 Å². The summed E-state index contributed by atoms with van der Waals surface area (Å²) in [4.78, 5) is 15.7. The molecular formula is C47H39N5. The van der Waals surface area contributed by atoms with Crippen LogP contribution in [0.15, 0.2) is 134 Å².